The number of aliphatic hydroxyl groups is 1. The monoisotopic (exact) mass is 362 g/mol. The van der Waals surface area contributed by atoms with Crippen LogP contribution in [0.15, 0.2) is 48.5 Å². The van der Waals surface area contributed by atoms with Crippen LogP contribution < -0.4 is 5.32 Å². The topological polar surface area (TPSA) is 69.6 Å². The van der Waals surface area contributed by atoms with Crippen LogP contribution in [0.4, 0.5) is 9.18 Å². The van der Waals surface area contributed by atoms with Crippen LogP contribution in [0.25, 0.3) is 0 Å². The molecule has 1 aliphatic heterocycles. The highest BCUT2D eigenvalue weighted by Gasteiger charge is 2.49. The van der Waals surface area contributed by atoms with Crippen molar-refractivity contribution in [2.24, 2.45) is 0 Å². The normalized spacial score (nSPS) is 21.4. The summed E-state index contributed by atoms with van der Waals surface area (Å²) in [6, 6.07) is 11.4. The number of hydrogen-bond donors (Lipinski definition) is 2. The van der Waals surface area contributed by atoms with Crippen LogP contribution in [-0.4, -0.2) is 28.5 Å². The second-order valence-electron chi connectivity index (χ2n) is 6.05. The molecule has 0 radical (unpaired) electrons. The third-order valence-corrected chi connectivity index (χ3v) is 4.54. The molecule has 1 fully saturated rings. The minimum atomic E-state index is -1.25. The van der Waals surface area contributed by atoms with E-state index in [0.29, 0.717) is 16.1 Å². The summed E-state index contributed by atoms with van der Waals surface area (Å²) in [4.78, 5) is 26.0. The Balaban J connectivity index is 1.83. The van der Waals surface area contributed by atoms with Gasteiger partial charge in [-0.15, -0.1) is 0 Å². The van der Waals surface area contributed by atoms with E-state index >= 15 is 0 Å². The second-order valence-corrected chi connectivity index (χ2v) is 6.49. The zero-order valence-corrected chi connectivity index (χ0v) is 14.1. The van der Waals surface area contributed by atoms with Crippen molar-refractivity contribution < 1.29 is 19.1 Å². The summed E-state index contributed by atoms with van der Waals surface area (Å²) in [5.74, 6) is -0.991. The van der Waals surface area contributed by atoms with Crippen LogP contribution in [-0.2, 0) is 10.3 Å². The lowest BCUT2D eigenvalue weighted by molar-refractivity contribution is -0.132. The smallest absolute Gasteiger partial charge is 0.325 e. The van der Waals surface area contributed by atoms with Gasteiger partial charge in [0.05, 0.1) is 12.6 Å². The molecule has 7 heteroatoms. The second kappa shape index (κ2) is 6.46. The molecule has 130 valence electrons. The molecule has 2 aromatic rings. The molecule has 2 aromatic carbocycles. The predicted octanol–water partition coefficient (Wildman–Crippen LogP) is 2.98. The Morgan fingerprint density at radius 3 is 2.56 bits per heavy atom. The molecule has 25 heavy (non-hydrogen) atoms. The SMILES string of the molecule is CC1(c2ccc(Cl)cc2)NC(=O)N(CC(O)c2cccc(F)c2)C1=O. The maximum Gasteiger partial charge on any atom is 0.325 e. The Kier molecular flexibility index (Phi) is 4.49. The minimum absolute atomic E-state index is 0.267. The van der Waals surface area contributed by atoms with Gasteiger partial charge >= 0.3 is 6.03 Å². The number of amides is 3. The van der Waals surface area contributed by atoms with E-state index < -0.39 is 29.4 Å². The van der Waals surface area contributed by atoms with Gasteiger partial charge in [0, 0.05) is 5.02 Å². The molecule has 2 N–H and O–H groups in total. The molecule has 2 unspecified atom stereocenters. The molecule has 1 saturated heterocycles. The maximum atomic E-state index is 13.3. The third kappa shape index (κ3) is 3.23. The van der Waals surface area contributed by atoms with E-state index in [-0.39, 0.29) is 6.54 Å². The predicted molar refractivity (Wildman–Crippen MR) is 90.4 cm³/mol. The van der Waals surface area contributed by atoms with Gasteiger partial charge in [0.25, 0.3) is 5.91 Å². The van der Waals surface area contributed by atoms with Crippen molar-refractivity contribution in [1.29, 1.82) is 0 Å². The fourth-order valence-electron chi connectivity index (χ4n) is 2.83. The molecule has 5 nitrogen and oxygen atoms in total. The Bertz CT molecular complexity index is 827. The molecule has 2 atom stereocenters. The molecule has 3 rings (SSSR count). The lowest BCUT2D eigenvalue weighted by atomic mass is 9.92. The summed E-state index contributed by atoms with van der Waals surface area (Å²) in [5.41, 5.74) is -0.373. The van der Waals surface area contributed by atoms with Gasteiger partial charge in [-0.3, -0.25) is 9.69 Å². The number of imide groups is 1. The van der Waals surface area contributed by atoms with Crippen LogP contribution in [0, 0.1) is 5.82 Å². The number of carbonyl (C=O) groups is 2. The van der Waals surface area contributed by atoms with E-state index in [1.807, 2.05) is 0 Å². The number of β-amino-alcohol motifs (C(OH)–C–C–N with tert-alkyl or cyclic N) is 1. The summed E-state index contributed by atoms with van der Waals surface area (Å²) in [6.45, 7) is 1.32. The average molecular weight is 363 g/mol. The summed E-state index contributed by atoms with van der Waals surface area (Å²) in [7, 11) is 0. The van der Waals surface area contributed by atoms with Crippen LogP contribution >= 0.6 is 11.6 Å². The van der Waals surface area contributed by atoms with E-state index in [1.165, 1.54) is 24.3 Å². The lowest BCUT2D eigenvalue weighted by Gasteiger charge is -2.23. The fourth-order valence-corrected chi connectivity index (χ4v) is 2.96. The first-order valence-electron chi connectivity index (χ1n) is 7.65. The molecule has 0 saturated carbocycles. The van der Waals surface area contributed by atoms with Crippen LogP contribution in [0.2, 0.25) is 5.02 Å². The number of nitrogens with zero attached hydrogens (tertiary/aromatic N) is 1. The summed E-state index contributed by atoms with van der Waals surface area (Å²) in [5, 5.41) is 13.4. The standard InChI is InChI=1S/C18H16ClFN2O3/c1-18(12-5-7-13(19)8-6-12)16(24)22(17(25)21-18)10-15(23)11-3-2-4-14(20)9-11/h2-9,15,23H,10H2,1H3,(H,21,25). The molecule has 1 heterocycles. The van der Waals surface area contributed by atoms with E-state index in [1.54, 1.807) is 31.2 Å². The van der Waals surface area contributed by atoms with Gasteiger partial charge in [-0.05, 0) is 42.3 Å². The number of hydrogen-bond acceptors (Lipinski definition) is 3. The van der Waals surface area contributed by atoms with E-state index in [2.05, 4.69) is 5.32 Å². The van der Waals surface area contributed by atoms with Gasteiger partial charge in [-0.1, -0.05) is 35.9 Å². The molecule has 0 spiro atoms. The molecule has 0 aliphatic carbocycles. The number of carbonyl (C=O) groups excluding carboxylic acids is 2. The zero-order valence-electron chi connectivity index (χ0n) is 13.4. The zero-order chi connectivity index (χ0) is 18.2. The van der Waals surface area contributed by atoms with Gasteiger partial charge in [0.2, 0.25) is 0 Å². The highest BCUT2D eigenvalue weighted by Crippen LogP contribution is 2.30. The quantitative estimate of drug-likeness (QED) is 0.821. The number of aliphatic hydroxyl groups excluding tert-OH is 1. The van der Waals surface area contributed by atoms with Crippen molar-refractivity contribution in [3.8, 4) is 0 Å². The molecule has 0 aromatic heterocycles. The Morgan fingerprint density at radius 1 is 1.24 bits per heavy atom. The number of urea groups is 1. The summed E-state index contributed by atoms with van der Waals surface area (Å²) in [6.07, 6.45) is -1.18. The van der Waals surface area contributed by atoms with Crippen molar-refractivity contribution in [2.75, 3.05) is 6.54 Å². The molecular weight excluding hydrogens is 347 g/mol. The van der Waals surface area contributed by atoms with Crippen molar-refractivity contribution in [1.82, 2.24) is 10.2 Å². The average Bonchev–Trinajstić information content (AvgIpc) is 2.79. The van der Waals surface area contributed by atoms with Crippen molar-refractivity contribution >= 4 is 23.5 Å². The summed E-state index contributed by atoms with van der Waals surface area (Å²) >= 11 is 5.86. The third-order valence-electron chi connectivity index (χ3n) is 4.29. The molecule has 0 bridgehead atoms. The first-order chi connectivity index (χ1) is 11.8. The highest BCUT2D eigenvalue weighted by molar-refractivity contribution is 6.30. The van der Waals surface area contributed by atoms with Crippen molar-refractivity contribution in [3.05, 3.63) is 70.5 Å². The Morgan fingerprint density at radius 2 is 1.92 bits per heavy atom. The van der Waals surface area contributed by atoms with Crippen LogP contribution in [0.3, 0.4) is 0 Å². The van der Waals surface area contributed by atoms with Gasteiger partial charge in [-0.2, -0.15) is 0 Å². The van der Waals surface area contributed by atoms with E-state index in [4.69, 9.17) is 11.6 Å². The number of nitrogens with one attached hydrogen (secondary N) is 1. The first-order valence-corrected chi connectivity index (χ1v) is 8.03. The van der Waals surface area contributed by atoms with Gasteiger partial charge in [-0.25, -0.2) is 9.18 Å². The van der Waals surface area contributed by atoms with Gasteiger partial charge in [0.1, 0.15) is 11.4 Å². The first kappa shape index (κ1) is 17.4. The van der Waals surface area contributed by atoms with Gasteiger partial charge in [0.15, 0.2) is 0 Å². The van der Waals surface area contributed by atoms with Gasteiger partial charge < -0.3 is 10.4 Å². The molecular formula is C18H16ClFN2O3. The van der Waals surface area contributed by atoms with Crippen LogP contribution in [0.1, 0.15) is 24.2 Å². The largest absolute Gasteiger partial charge is 0.387 e. The van der Waals surface area contributed by atoms with E-state index in [0.717, 1.165) is 4.90 Å². The molecule has 1 aliphatic rings. The molecule has 3 amide bonds. The number of rotatable bonds is 4. The summed E-state index contributed by atoms with van der Waals surface area (Å²) < 4.78 is 13.3. The number of halogens is 2. The Hall–Kier alpha value is -2.44. The fraction of sp³-hybridized carbons (Fsp3) is 0.222. The van der Waals surface area contributed by atoms with Crippen molar-refractivity contribution in [3.63, 3.8) is 0 Å². The Labute approximate surface area is 149 Å². The lowest BCUT2D eigenvalue weighted by Crippen LogP contribution is -2.41. The number of benzene rings is 2. The van der Waals surface area contributed by atoms with Crippen LogP contribution in [0.5, 0.6) is 0 Å². The maximum absolute atomic E-state index is 13.3. The van der Waals surface area contributed by atoms with Crippen molar-refractivity contribution in [2.45, 2.75) is 18.6 Å². The highest BCUT2D eigenvalue weighted by atomic mass is 35.5. The minimum Gasteiger partial charge on any atom is -0.387 e. The van der Waals surface area contributed by atoms with E-state index in [9.17, 15) is 19.1 Å².